The number of carbonyl (C=O) groups excluding carboxylic acids is 1. The number of Topliss-reactive ketones (excluding diaryl/α,β-unsaturated/α-hetero) is 1. The van der Waals surface area contributed by atoms with Crippen molar-refractivity contribution in [3.05, 3.63) is 12.7 Å². The molecular weight excluding hydrogens is 200 g/mol. The molecule has 16 heavy (non-hydrogen) atoms. The van der Waals surface area contributed by atoms with E-state index in [0.717, 1.165) is 12.8 Å². The number of hydrogen-bond donors (Lipinski definition) is 0. The second kappa shape index (κ2) is 7.61. The Hall–Kier alpha value is -0.630. The predicted octanol–water partition coefficient (Wildman–Crippen LogP) is 3.65. The first-order valence-electron chi connectivity index (χ1n) is 6.52. The summed E-state index contributed by atoms with van der Waals surface area (Å²) < 4.78 is 5.28. The van der Waals surface area contributed by atoms with E-state index in [1.54, 1.807) is 6.92 Å². The smallest absolute Gasteiger partial charge is 0.161 e. The van der Waals surface area contributed by atoms with Gasteiger partial charge in [-0.15, -0.1) is 6.58 Å². The van der Waals surface area contributed by atoms with Gasteiger partial charge < -0.3 is 4.74 Å². The molecule has 0 aromatic heterocycles. The Bertz CT molecular complexity index is 223. The maximum absolute atomic E-state index is 10.9. The number of hydrogen-bond acceptors (Lipinski definition) is 2. The fraction of sp³-hybridized carbons (Fsp3) is 0.786. The first-order valence-corrected chi connectivity index (χ1v) is 6.52. The summed E-state index contributed by atoms with van der Waals surface area (Å²) in [6, 6.07) is 0. The molecule has 1 heterocycles. The van der Waals surface area contributed by atoms with E-state index < -0.39 is 0 Å². The summed E-state index contributed by atoms with van der Waals surface area (Å²) in [5.74, 6) is 0.189. The molecule has 0 aromatic rings. The Morgan fingerprint density at radius 3 is 2.38 bits per heavy atom. The zero-order chi connectivity index (χ0) is 11.8. The fourth-order valence-corrected chi connectivity index (χ4v) is 2.06. The van der Waals surface area contributed by atoms with Gasteiger partial charge in [-0.25, -0.2) is 0 Å². The van der Waals surface area contributed by atoms with Crippen LogP contribution in [-0.2, 0) is 9.53 Å². The average Bonchev–Trinajstić information content (AvgIpc) is 3.01. The summed E-state index contributed by atoms with van der Waals surface area (Å²) in [5.41, 5.74) is 0. The Kier molecular flexibility index (Phi) is 6.39. The molecular formula is C14H24O2. The monoisotopic (exact) mass is 224 g/mol. The average molecular weight is 224 g/mol. The molecule has 1 aliphatic heterocycles. The van der Waals surface area contributed by atoms with Crippen LogP contribution in [0.4, 0.5) is 0 Å². The van der Waals surface area contributed by atoms with Crippen molar-refractivity contribution in [3.63, 3.8) is 0 Å². The van der Waals surface area contributed by atoms with Crippen molar-refractivity contribution in [2.45, 2.75) is 70.5 Å². The highest BCUT2D eigenvalue weighted by Gasteiger charge is 2.41. The van der Waals surface area contributed by atoms with Crippen LogP contribution in [0.1, 0.15) is 58.3 Å². The molecule has 0 amide bonds. The highest BCUT2D eigenvalue weighted by atomic mass is 16.6. The highest BCUT2D eigenvalue weighted by molar-refractivity contribution is 5.83. The predicted molar refractivity (Wildman–Crippen MR) is 66.5 cm³/mol. The topological polar surface area (TPSA) is 29.6 Å². The van der Waals surface area contributed by atoms with Crippen LogP contribution >= 0.6 is 0 Å². The lowest BCUT2D eigenvalue weighted by Gasteiger charge is -1.99. The number of allylic oxidation sites excluding steroid dienone is 1. The van der Waals surface area contributed by atoms with Gasteiger partial charge in [-0.2, -0.15) is 0 Å². The van der Waals surface area contributed by atoms with E-state index in [1.165, 1.54) is 38.5 Å². The quantitative estimate of drug-likeness (QED) is 0.322. The number of epoxide rings is 1. The second-order valence-corrected chi connectivity index (χ2v) is 4.69. The van der Waals surface area contributed by atoms with Crippen molar-refractivity contribution in [1.82, 2.24) is 0 Å². The Morgan fingerprint density at radius 1 is 1.19 bits per heavy atom. The molecule has 2 heteroatoms. The minimum Gasteiger partial charge on any atom is -0.361 e. The molecule has 0 bridgehead atoms. The Morgan fingerprint density at radius 2 is 1.81 bits per heavy atom. The first kappa shape index (κ1) is 13.4. The SMILES string of the molecule is C=CCCCCCCCC[C@H]1O[C@@H]1C(C)=O. The molecule has 1 aliphatic rings. The van der Waals surface area contributed by atoms with Crippen molar-refractivity contribution >= 4 is 5.78 Å². The summed E-state index contributed by atoms with van der Waals surface area (Å²) in [6.07, 6.45) is 12.1. The molecule has 2 atom stereocenters. The summed E-state index contributed by atoms with van der Waals surface area (Å²) >= 11 is 0. The normalized spacial score (nSPS) is 23.1. The number of carbonyl (C=O) groups is 1. The molecule has 0 aromatic carbocycles. The maximum atomic E-state index is 10.9. The van der Waals surface area contributed by atoms with Gasteiger partial charge >= 0.3 is 0 Å². The first-order chi connectivity index (χ1) is 7.75. The molecule has 0 N–H and O–H groups in total. The van der Waals surface area contributed by atoms with Crippen molar-refractivity contribution in [1.29, 1.82) is 0 Å². The second-order valence-electron chi connectivity index (χ2n) is 4.69. The summed E-state index contributed by atoms with van der Waals surface area (Å²) in [4.78, 5) is 10.9. The van der Waals surface area contributed by atoms with Crippen LogP contribution in [0.2, 0.25) is 0 Å². The van der Waals surface area contributed by atoms with E-state index in [4.69, 9.17) is 4.74 Å². The van der Waals surface area contributed by atoms with Crippen molar-refractivity contribution in [3.8, 4) is 0 Å². The zero-order valence-corrected chi connectivity index (χ0v) is 10.4. The lowest BCUT2D eigenvalue weighted by molar-refractivity contribution is -0.118. The molecule has 1 rings (SSSR count). The van der Waals surface area contributed by atoms with Crippen molar-refractivity contribution < 1.29 is 9.53 Å². The van der Waals surface area contributed by atoms with Gasteiger partial charge in [0.15, 0.2) is 5.78 Å². The third kappa shape index (κ3) is 5.45. The molecule has 0 unspecified atom stereocenters. The molecule has 0 spiro atoms. The van der Waals surface area contributed by atoms with Crippen LogP contribution in [-0.4, -0.2) is 18.0 Å². The lowest BCUT2D eigenvalue weighted by atomic mass is 10.1. The van der Waals surface area contributed by atoms with Crippen molar-refractivity contribution in [2.75, 3.05) is 0 Å². The van der Waals surface area contributed by atoms with Gasteiger partial charge in [0.2, 0.25) is 0 Å². The number of ether oxygens (including phenoxy) is 1. The maximum Gasteiger partial charge on any atom is 0.161 e. The number of rotatable bonds is 10. The summed E-state index contributed by atoms with van der Waals surface area (Å²) in [6.45, 7) is 5.33. The molecule has 0 radical (unpaired) electrons. The van der Waals surface area contributed by atoms with E-state index in [0.29, 0.717) is 0 Å². The van der Waals surface area contributed by atoms with Gasteiger partial charge in [-0.1, -0.05) is 38.2 Å². The zero-order valence-electron chi connectivity index (χ0n) is 10.4. The standard InChI is InChI=1S/C14H24O2/c1-3-4-5-6-7-8-9-10-11-13-14(16-13)12(2)15/h3,13-14H,1,4-11H2,2H3/t13-,14-/m1/s1. The molecule has 1 fully saturated rings. The molecule has 0 saturated carbocycles. The van der Waals surface area contributed by atoms with Crippen molar-refractivity contribution in [2.24, 2.45) is 0 Å². The fourth-order valence-electron chi connectivity index (χ4n) is 2.06. The third-order valence-corrected chi connectivity index (χ3v) is 3.13. The molecule has 0 aliphatic carbocycles. The van der Waals surface area contributed by atoms with Gasteiger partial charge in [-0.05, 0) is 26.2 Å². The Labute approximate surface area is 99.1 Å². The van der Waals surface area contributed by atoms with Gasteiger partial charge in [0.05, 0.1) is 6.10 Å². The van der Waals surface area contributed by atoms with Crippen LogP contribution in [0.15, 0.2) is 12.7 Å². The van der Waals surface area contributed by atoms with E-state index in [9.17, 15) is 4.79 Å². The van der Waals surface area contributed by atoms with Gasteiger partial charge in [0.25, 0.3) is 0 Å². The summed E-state index contributed by atoms with van der Waals surface area (Å²) in [7, 11) is 0. The largest absolute Gasteiger partial charge is 0.361 e. The third-order valence-electron chi connectivity index (χ3n) is 3.13. The van der Waals surface area contributed by atoms with E-state index >= 15 is 0 Å². The van der Waals surface area contributed by atoms with Crippen LogP contribution < -0.4 is 0 Å². The minimum absolute atomic E-state index is 0.0624. The molecule has 1 saturated heterocycles. The molecule has 92 valence electrons. The lowest BCUT2D eigenvalue weighted by Crippen LogP contribution is -2.04. The van der Waals surface area contributed by atoms with Crippen LogP contribution in [0.5, 0.6) is 0 Å². The molecule has 2 nitrogen and oxygen atoms in total. The highest BCUT2D eigenvalue weighted by Crippen LogP contribution is 2.28. The minimum atomic E-state index is -0.0624. The van der Waals surface area contributed by atoms with Crippen LogP contribution in [0.25, 0.3) is 0 Å². The van der Waals surface area contributed by atoms with Gasteiger partial charge in [0.1, 0.15) is 6.10 Å². The van der Waals surface area contributed by atoms with E-state index in [1.807, 2.05) is 6.08 Å². The van der Waals surface area contributed by atoms with Crippen LogP contribution in [0.3, 0.4) is 0 Å². The Balaban J connectivity index is 1.79. The number of unbranched alkanes of at least 4 members (excludes halogenated alkanes) is 6. The van der Waals surface area contributed by atoms with E-state index in [-0.39, 0.29) is 18.0 Å². The van der Waals surface area contributed by atoms with E-state index in [2.05, 4.69) is 6.58 Å². The number of ketones is 1. The summed E-state index contributed by atoms with van der Waals surface area (Å²) in [5, 5.41) is 0. The van der Waals surface area contributed by atoms with Gasteiger partial charge in [-0.3, -0.25) is 4.79 Å². The van der Waals surface area contributed by atoms with Gasteiger partial charge in [0, 0.05) is 0 Å². The van der Waals surface area contributed by atoms with Crippen LogP contribution in [0, 0.1) is 0 Å².